The average Bonchev–Trinajstić information content (AvgIpc) is 3.33. The number of imidazole rings is 1. The standard InChI is InChI=1S/C17H21N3O3/c1-2-23-16(21)11-20-14-6-4-3-5-13(14)19-15(20)9-10-18-17(22)12-7-8-12/h3-6,12H,2,7-11H2,1H3,(H,18,22). The minimum absolute atomic E-state index is 0.123. The average molecular weight is 315 g/mol. The van der Waals surface area contributed by atoms with Gasteiger partial charge in [0.1, 0.15) is 12.4 Å². The summed E-state index contributed by atoms with van der Waals surface area (Å²) in [6.45, 7) is 2.82. The lowest BCUT2D eigenvalue weighted by molar-refractivity contribution is -0.143. The first-order valence-corrected chi connectivity index (χ1v) is 8.06. The van der Waals surface area contributed by atoms with Crippen molar-refractivity contribution in [2.24, 2.45) is 5.92 Å². The van der Waals surface area contributed by atoms with Gasteiger partial charge in [0.2, 0.25) is 5.91 Å². The number of fused-ring (bicyclic) bond motifs is 1. The molecule has 122 valence electrons. The molecular weight excluding hydrogens is 294 g/mol. The number of aromatic nitrogens is 2. The molecule has 0 radical (unpaired) electrons. The summed E-state index contributed by atoms with van der Waals surface area (Å²) >= 11 is 0. The number of nitrogens with one attached hydrogen (secondary N) is 1. The number of benzene rings is 1. The molecule has 6 heteroatoms. The van der Waals surface area contributed by atoms with Crippen molar-refractivity contribution >= 4 is 22.9 Å². The Morgan fingerprint density at radius 2 is 2.13 bits per heavy atom. The lowest BCUT2D eigenvalue weighted by Crippen LogP contribution is -2.28. The Hall–Kier alpha value is -2.37. The molecule has 0 aliphatic heterocycles. The second kappa shape index (κ2) is 6.81. The van der Waals surface area contributed by atoms with E-state index in [4.69, 9.17) is 4.74 Å². The van der Waals surface area contributed by atoms with Crippen molar-refractivity contribution in [1.29, 1.82) is 0 Å². The number of carbonyl (C=O) groups is 2. The molecule has 1 saturated carbocycles. The monoisotopic (exact) mass is 315 g/mol. The van der Waals surface area contributed by atoms with E-state index in [1.807, 2.05) is 28.8 Å². The molecule has 0 bridgehead atoms. The Kier molecular flexibility index (Phi) is 4.60. The number of esters is 1. The number of para-hydroxylation sites is 2. The minimum Gasteiger partial charge on any atom is -0.465 e. The molecular formula is C17H21N3O3. The van der Waals surface area contributed by atoms with Gasteiger partial charge in [0.25, 0.3) is 0 Å². The van der Waals surface area contributed by atoms with Crippen molar-refractivity contribution < 1.29 is 14.3 Å². The van der Waals surface area contributed by atoms with Gasteiger partial charge in [-0.25, -0.2) is 4.98 Å². The van der Waals surface area contributed by atoms with Crippen LogP contribution in [0.1, 0.15) is 25.6 Å². The summed E-state index contributed by atoms with van der Waals surface area (Å²) in [5.41, 5.74) is 1.75. The number of rotatable bonds is 7. The molecule has 0 unspecified atom stereocenters. The molecule has 1 aromatic heterocycles. The maximum absolute atomic E-state index is 11.8. The third-order valence-corrected chi connectivity index (χ3v) is 3.92. The Morgan fingerprint density at radius 3 is 2.87 bits per heavy atom. The summed E-state index contributed by atoms with van der Waals surface area (Å²) in [6, 6.07) is 7.70. The zero-order valence-corrected chi connectivity index (χ0v) is 13.2. The van der Waals surface area contributed by atoms with E-state index < -0.39 is 0 Å². The highest BCUT2D eigenvalue weighted by atomic mass is 16.5. The van der Waals surface area contributed by atoms with Gasteiger partial charge >= 0.3 is 5.97 Å². The third-order valence-electron chi connectivity index (χ3n) is 3.92. The lowest BCUT2D eigenvalue weighted by Gasteiger charge is -2.09. The zero-order valence-electron chi connectivity index (χ0n) is 13.2. The van der Waals surface area contributed by atoms with E-state index in [0.29, 0.717) is 19.6 Å². The number of carbonyl (C=O) groups excluding carboxylic acids is 2. The van der Waals surface area contributed by atoms with Crippen LogP contribution in [0.25, 0.3) is 11.0 Å². The fourth-order valence-electron chi connectivity index (χ4n) is 2.62. The van der Waals surface area contributed by atoms with E-state index in [2.05, 4.69) is 10.3 Å². The molecule has 0 saturated heterocycles. The molecule has 1 aliphatic rings. The second-order valence-electron chi connectivity index (χ2n) is 5.72. The van der Waals surface area contributed by atoms with Gasteiger partial charge in [0, 0.05) is 18.9 Å². The Bertz CT molecular complexity index is 719. The van der Waals surface area contributed by atoms with Gasteiger partial charge in [-0.15, -0.1) is 0 Å². The summed E-state index contributed by atoms with van der Waals surface area (Å²) in [4.78, 5) is 28.1. The SMILES string of the molecule is CCOC(=O)Cn1c(CCNC(=O)C2CC2)nc2ccccc21. The second-order valence-corrected chi connectivity index (χ2v) is 5.72. The molecule has 1 aromatic carbocycles. The van der Waals surface area contributed by atoms with E-state index in [0.717, 1.165) is 29.7 Å². The number of hydrogen-bond donors (Lipinski definition) is 1. The van der Waals surface area contributed by atoms with Crippen LogP contribution < -0.4 is 5.32 Å². The van der Waals surface area contributed by atoms with Gasteiger partial charge in [-0.05, 0) is 31.9 Å². The summed E-state index contributed by atoms with van der Waals surface area (Å²) in [5, 5.41) is 2.93. The number of ether oxygens (including phenoxy) is 1. The predicted molar refractivity (Wildman–Crippen MR) is 85.8 cm³/mol. The Labute approximate surface area is 134 Å². The molecule has 0 atom stereocenters. The molecule has 23 heavy (non-hydrogen) atoms. The van der Waals surface area contributed by atoms with Crippen LogP contribution in [0.4, 0.5) is 0 Å². The van der Waals surface area contributed by atoms with E-state index in [1.54, 1.807) is 6.92 Å². The van der Waals surface area contributed by atoms with Gasteiger partial charge < -0.3 is 14.6 Å². The van der Waals surface area contributed by atoms with Crippen LogP contribution in [-0.4, -0.2) is 34.6 Å². The van der Waals surface area contributed by atoms with Crippen LogP contribution in [0.5, 0.6) is 0 Å². The van der Waals surface area contributed by atoms with Crippen molar-refractivity contribution in [1.82, 2.24) is 14.9 Å². The largest absolute Gasteiger partial charge is 0.465 e. The number of nitrogens with zero attached hydrogens (tertiary/aromatic N) is 2. The van der Waals surface area contributed by atoms with E-state index >= 15 is 0 Å². The van der Waals surface area contributed by atoms with Gasteiger partial charge in [-0.3, -0.25) is 9.59 Å². The first-order valence-electron chi connectivity index (χ1n) is 8.06. The maximum atomic E-state index is 11.8. The van der Waals surface area contributed by atoms with Crippen LogP contribution in [0.15, 0.2) is 24.3 Å². The van der Waals surface area contributed by atoms with Crippen molar-refractivity contribution in [3.63, 3.8) is 0 Å². The van der Waals surface area contributed by atoms with Crippen LogP contribution in [0.3, 0.4) is 0 Å². The highest BCUT2D eigenvalue weighted by Gasteiger charge is 2.29. The van der Waals surface area contributed by atoms with Gasteiger partial charge in [-0.2, -0.15) is 0 Å². The molecule has 0 spiro atoms. The Morgan fingerprint density at radius 1 is 1.35 bits per heavy atom. The molecule has 1 fully saturated rings. The Balaban J connectivity index is 1.74. The van der Waals surface area contributed by atoms with Gasteiger partial charge in [0.15, 0.2) is 0 Å². The maximum Gasteiger partial charge on any atom is 0.326 e. The zero-order chi connectivity index (χ0) is 16.2. The highest BCUT2D eigenvalue weighted by Crippen LogP contribution is 2.28. The highest BCUT2D eigenvalue weighted by molar-refractivity contribution is 5.81. The van der Waals surface area contributed by atoms with E-state index in [9.17, 15) is 9.59 Å². The van der Waals surface area contributed by atoms with Crippen LogP contribution in [0.2, 0.25) is 0 Å². The van der Waals surface area contributed by atoms with Crippen molar-refractivity contribution in [2.45, 2.75) is 32.7 Å². The molecule has 6 nitrogen and oxygen atoms in total. The van der Waals surface area contributed by atoms with Gasteiger partial charge in [0.05, 0.1) is 17.6 Å². The van der Waals surface area contributed by atoms with Crippen molar-refractivity contribution in [3.8, 4) is 0 Å². The van der Waals surface area contributed by atoms with E-state index in [-0.39, 0.29) is 24.3 Å². The molecule has 1 N–H and O–H groups in total. The third kappa shape index (κ3) is 3.70. The summed E-state index contributed by atoms with van der Waals surface area (Å²) < 4.78 is 6.92. The fraction of sp³-hybridized carbons (Fsp3) is 0.471. The lowest BCUT2D eigenvalue weighted by atomic mass is 10.3. The van der Waals surface area contributed by atoms with Crippen molar-refractivity contribution in [3.05, 3.63) is 30.1 Å². The molecule has 1 aliphatic carbocycles. The summed E-state index contributed by atoms with van der Waals surface area (Å²) in [6.07, 6.45) is 2.58. The number of hydrogen-bond acceptors (Lipinski definition) is 4. The first-order chi connectivity index (χ1) is 11.2. The van der Waals surface area contributed by atoms with Crippen molar-refractivity contribution in [2.75, 3.05) is 13.2 Å². The number of amides is 1. The summed E-state index contributed by atoms with van der Waals surface area (Å²) in [7, 11) is 0. The topological polar surface area (TPSA) is 73.2 Å². The predicted octanol–water partition coefficient (Wildman–Crippen LogP) is 1.67. The normalized spacial score (nSPS) is 14.0. The fourth-order valence-corrected chi connectivity index (χ4v) is 2.62. The molecule has 1 amide bonds. The van der Waals surface area contributed by atoms with Crippen LogP contribution in [-0.2, 0) is 27.3 Å². The molecule has 3 rings (SSSR count). The van der Waals surface area contributed by atoms with Crippen LogP contribution >= 0.6 is 0 Å². The first kappa shape index (κ1) is 15.5. The van der Waals surface area contributed by atoms with E-state index in [1.165, 1.54) is 0 Å². The molecule has 2 aromatic rings. The van der Waals surface area contributed by atoms with Crippen LogP contribution in [0, 0.1) is 5.92 Å². The smallest absolute Gasteiger partial charge is 0.326 e. The van der Waals surface area contributed by atoms with Gasteiger partial charge in [-0.1, -0.05) is 12.1 Å². The summed E-state index contributed by atoms with van der Waals surface area (Å²) in [5.74, 6) is 0.834. The molecule has 1 heterocycles. The quantitative estimate of drug-likeness (QED) is 0.789. The minimum atomic E-state index is -0.279.